The van der Waals surface area contributed by atoms with Crippen molar-refractivity contribution in [3.05, 3.63) is 12.7 Å². The highest BCUT2D eigenvalue weighted by atomic mass is 35.5. The van der Waals surface area contributed by atoms with Crippen LogP contribution in [0.5, 0.6) is 0 Å². The van der Waals surface area contributed by atoms with E-state index in [1.807, 2.05) is 9.80 Å². The molecule has 2 aliphatic carbocycles. The number of alkyl halides is 2. The Bertz CT molecular complexity index is 1090. The summed E-state index contributed by atoms with van der Waals surface area (Å²) in [5, 5.41) is 14.4. The van der Waals surface area contributed by atoms with Crippen molar-refractivity contribution in [3.63, 3.8) is 0 Å². The van der Waals surface area contributed by atoms with Crippen molar-refractivity contribution in [1.82, 2.24) is 36.0 Å². The average molecular weight is 622 g/mol. The molecule has 0 aromatic carbocycles. The Morgan fingerprint density at radius 1 is 1.12 bits per heavy atom. The van der Waals surface area contributed by atoms with E-state index in [0.717, 1.165) is 32.2 Å². The summed E-state index contributed by atoms with van der Waals surface area (Å²) >= 11 is 7.29. The number of halogens is 2. The molecule has 13 atom stereocenters. The van der Waals surface area contributed by atoms with Gasteiger partial charge in [-0.1, -0.05) is 20.4 Å². The van der Waals surface area contributed by atoms with Gasteiger partial charge in [0, 0.05) is 67.1 Å². The zero-order chi connectivity index (χ0) is 30.0. The van der Waals surface area contributed by atoms with E-state index < -0.39 is 6.17 Å². The first-order valence-corrected chi connectivity index (χ1v) is 17.1. The maximum absolute atomic E-state index is 15.8. The normalized spacial score (nSPS) is 46.8. The van der Waals surface area contributed by atoms with Crippen molar-refractivity contribution in [3.8, 4) is 0 Å². The highest BCUT2D eigenvalue weighted by Crippen LogP contribution is 2.45. The molecule has 7 rings (SSSR count). The fraction of sp³-hybridized carbons (Fsp3) is 0.871. The SMILES string of the molecule is C=CC(=O)N1CCN(C2NC(=O)N3C4NC(C(Cl)CC24)C2C(F)CCCC2NCCOC2CCNC(C(C)C)C23)C2C[C@H]21. The number of fused-ring (bicyclic) bond motifs is 6. The first-order valence-electron chi connectivity index (χ1n) is 16.7. The molecule has 5 heterocycles. The number of carbonyl (C=O) groups is 2. The Morgan fingerprint density at radius 2 is 1.95 bits per heavy atom. The summed E-state index contributed by atoms with van der Waals surface area (Å²) in [7, 11) is 0. The van der Waals surface area contributed by atoms with Crippen LogP contribution < -0.4 is 21.3 Å². The Kier molecular flexibility index (Phi) is 8.43. The molecule has 0 spiro atoms. The van der Waals surface area contributed by atoms with Gasteiger partial charge in [-0.2, -0.15) is 0 Å². The number of amides is 3. The summed E-state index contributed by atoms with van der Waals surface area (Å²) in [6.07, 6.45) is 4.50. The first kappa shape index (κ1) is 30.2. The number of ether oxygens (including phenoxy) is 1. The van der Waals surface area contributed by atoms with Crippen LogP contribution in [0.15, 0.2) is 12.7 Å². The van der Waals surface area contributed by atoms with Crippen LogP contribution in [-0.2, 0) is 9.53 Å². The zero-order valence-corrected chi connectivity index (χ0v) is 26.2. The molecule has 0 aromatic rings. The van der Waals surface area contributed by atoms with Gasteiger partial charge in [0.15, 0.2) is 0 Å². The van der Waals surface area contributed by atoms with Gasteiger partial charge >= 0.3 is 6.03 Å². The Hall–Kier alpha value is -1.50. The highest BCUT2D eigenvalue weighted by molar-refractivity contribution is 6.21. The molecule has 12 heteroatoms. The summed E-state index contributed by atoms with van der Waals surface area (Å²) in [5.74, 6) is -0.0253. The number of nitrogens with one attached hydrogen (secondary N) is 4. The van der Waals surface area contributed by atoms with Crippen LogP contribution in [0.1, 0.15) is 52.4 Å². The monoisotopic (exact) mass is 621 g/mol. The minimum atomic E-state index is -0.956. The third-order valence-electron chi connectivity index (χ3n) is 11.6. The molecule has 7 fully saturated rings. The van der Waals surface area contributed by atoms with Gasteiger partial charge in [0.25, 0.3) is 0 Å². The lowest BCUT2D eigenvalue weighted by Gasteiger charge is -2.60. The molecule has 7 aliphatic rings. The topological polar surface area (TPSA) is 101 Å². The van der Waals surface area contributed by atoms with Crippen LogP contribution in [0.25, 0.3) is 0 Å². The lowest BCUT2D eigenvalue weighted by atomic mass is 9.72. The van der Waals surface area contributed by atoms with Crippen LogP contribution in [0.3, 0.4) is 0 Å². The molecule has 4 N–H and O–H groups in total. The molecule has 2 bridgehead atoms. The van der Waals surface area contributed by atoms with E-state index in [4.69, 9.17) is 16.3 Å². The van der Waals surface area contributed by atoms with Gasteiger partial charge in [0.1, 0.15) is 6.17 Å². The van der Waals surface area contributed by atoms with Gasteiger partial charge in [-0.05, 0) is 57.1 Å². The number of nitrogens with zero attached hydrogens (tertiary/aromatic N) is 3. The van der Waals surface area contributed by atoms with E-state index in [-0.39, 0.29) is 89.8 Å². The van der Waals surface area contributed by atoms with Crippen molar-refractivity contribution in [2.75, 3.05) is 32.8 Å². The third kappa shape index (κ3) is 5.29. The standard InChI is InChI=1S/C31H49ClFN7O3/c1-4-24(41)38-11-12-39(22-15-21(22)38)29-17-14-18(32)27-25-19(33)6-5-7-20(25)34-10-13-43-23-8-9-35-26(16(2)3)28(23)40(30(17)36-27)31(42)37-29/h4,16-23,25-30,34-36H,1,5-15H2,2-3H3,(H,37,42)/t17?,18?,19?,20?,21-,22?,23?,25?,26?,27?,28?,29?,30?/m1/s1. The molecule has 0 aromatic heterocycles. The van der Waals surface area contributed by atoms with Crippen LogP contribution in [0.4, 0.5) is 9.18 Å². The van der Waals surface area contributed by atoms with E-state index in [0.29, 0.717) is 39.1 Å². The summed E-state index contributed by atoms with van der Waals surface area (Å²) < 4.78 is 22.4. The lowest BCUT2D eigenvalue weighted by Crippen LogP contribution is -2.80. The van der Waals surface area contributed by atoms with Crippen molar-refractivity contribution in [1.29, 1.82) is 0 Å². The molecule has 5 saturated heterocycles. The van der Waals surface area contributed by atoms with Crippen LogP contribution in [0, 0.1) is 17.8 Å². The molecular weight excluding hydrogens is 573 g/mol. The minimum Gasteiger partial charge on any atom is -0.375 e. The maximum atomic E-state index is 15.8. The predicted octanol–water partition coefficient (Wildman–Crippen LogP) is 1.60. The number of hydrogen-bond acceptors (Lipinski definition) is 7. The smallest absolute Gasteiger partial charge is 0.320 e. The third-order valence-corrected chi connectivity index (χ3v) is 12.0. The Labute approximate surface area is 259 Å². The number of hydrogen-bond donors (Lipinski definition) is 4. The lowest BCUT2D eigenvalue weighted by molar-refractivity contribution is -0.130. The number of rotatable bonds is 3. The van der Waals surface area contributed by atoms with E-state index in [2.05, 4.69) is 46.6 Å². The molecule has 12 unspecified atom stereocenters. The molecule has 5 aliphatic heterocycles. The maximum Gasteiger partial charge on any atom is 0.320 e. The van der Waals surface area contributed by atoms with E-state index in [1.54, 1.807) is 0 Å². The second kappa shape index (κ2) is 12.0. The fourth-order valence-corrected chi connectivity index (χ4v) is 10.00. The van der Waals surface area contributed by atoms with Gasteiger partial charge in [-0.25, -0.2) is 9.18 Å². The van der Waals surface area contributed by atoms with Crippen molar-refractivity contribution >= 4 is 23.5 Å². The molecule has 43 heavy (non-hydrogen) atoms. The van der Waals surface area contributed by atoms with Gasteiger partial charge in [0.05, 0.1) is 31.1 Å². The van der Waals surface area contributed by atoms with E-state index >= 15 is 4.39 Å². The van der Waals surface area contributed by atoms with E-state index in [9.17, 15) is 9.59 Å². The van der Waals surface area contributed by atoms with Gasteiger partial charge < -0.3 is 30.5 Å². The summed E-state index contributed by atoms with van der Waals surface area (Å²) in [4.78, 5) is 33.3. The molecule has 240 valence electrons. The molecule has 0 radical (unpaired) electrons. The average Bonchev–Trinajstić information content (AvgIpc) is 3.79. The quantitative estimate of drug-likeness (QED) is 0.281. The van der Waals surface area contributed by atoms with Crippen molar-refractivity contribution < 1.29 is 18.7 Å². The van der Waals surface area contributed by atoms with Crippen LogP contribution in [-0.4, -0.2) is 126 Å². The van der Waals surface area contributed by atoms with Gasteiger partial charge in [-0.15, -0.1) is 11.6 Å². The number of piperazine rings is 1. The number of piperidine rings is 2. The van der Waals surface area contributed by atoms with Crippen LogP contribution >= 0.6 is 11.6 Å². The first-order chi connectivity index (χ1) is 20.8. The molecule has 10 nitrogen and oxygen atoms in total. The summed E-state index contributed by atoms with van der Waals surface area (Å²) in [5.41, 5.74) is 0. The van der Waals surface area contributed by atoms with E-state index in [1.165, 1.54) is 6.08 Å². The Balaban J connectivity index is 1.25. The minimum absolute atomic E-state index is 0.00857. The van der Waals surface area contributed by atoms with Crippen molar-refractivity contribution in [2.45, 2.75) is 119 Å². The number of urea groups is 1. The molecule has 2 saturated carbocycles. The van der Waals surface area contributed by atoms with Crippen LogP contribution in [0.2, 0.25) is 0 Å². The largest absolute Gasteiger partial charge is 0.375 e. The summed E-state index contributed by atoms with van der Waals surface area (Å²) in [6, 6.07) is -0.122. The fourth-order valence-electron chi connectivity index (χ4n) is 9.55. The number of carbonyl (C=O) groups excluding carboxylic acids is 2. The molecular formula is C31H49ClFN7O3. The van der Waals surface area contributed by atoms with Gasteiger partial charge in [-0.3, -0.25) is 15.0 Å². The second-order valence-electron chi connectivity index (χ2n) is 14.2. The van der Waals surface area contributed by atoms with Gasteiger partial charge in [0.2, 0.25) is 5.91 Å². The Morgan fingerprint density at radius 3 is 2.74 bits per heavy atom. The second-order valence-corrected chi connectivity index (χ2v) is 14.8. The molecule has 3 amide bonds. The highest BCUT2D eigenvalue weighted by Gasteiger charge is 2.60. The predicted molar refractivity (Wildman–Crippen MR) is 162 cm³/mol. The summed E-state index contributed by atoms with van der Waals surface area (Å²) in [6.45, 7) is 11.4. The zero-order valence-electron chi connectivity index (χ0n) is 25.5. The van der Waals surface area contributed by atoms with Crippen molar-refractivity contribution in [2.24, 2.45) is 17.8 Å².